The number of allylic oxidation sites excluding steroid dienone is 2. The van der Waals surface area contributed by atoms with Crippen LogP contribution in [0, 0.1) is 0 Å². The summed E-state index contributed by atoms with van der Waals surface area (Å²) in [4.78, 5) is 10.5. The molecule has 1 aliphatic rings. The van der Waals surface area contributed by atoms with Gasteiger partial charge in [0.05, 0.1) is 0 Å². The predicted octanol–water partition coefficient (Wildman–Crippen LogP) is 2.85. The first-order valence-corrected chi connectivity index (χ1v) is 5.70. The summed E-state index contributed by atoms with van der Waals surface area (Å²) in [6.07, 6.45) is 5.44. The van der Waals surface area contributed by atoms with Gasteiger partial charge in [-0.15, -0.1) is 0 Å². The number of aliphatic carboxylic acids is 1. The summed E-state index contributed by atoms with van der Waals surface area (Å²) in [7, 11) is 0. The molecule has 1 aromatic rings. The second kappa shape index (κ2) is 5.40. The summed E-state index contributed by atoms with van der Waals surface area (Å²) in [5.74, 6) is 0.521. The van der Waals surface area contributed by atoms with Crippen LogP contribution in [0.1, 0.15) is 18.9 Å². The zero-order valence-corrected chi connectivity index (χ0v) is 10.1. The Kier molecular flexibility index (Phi) is 3.67. The molecular weight excluding hydrogens is 232 g/mol. The zero-order valence-electron chi connectivity index (χ0n) is 10.1. The van der Waals surface area contributed by atoms with Crippen molar-refractivity contribution in [2.45, 2.75) is 13.3 Å². The third-order valence-electron chi connectivity index (χ3n) is 2.60. The topological polar surface area (TPSA) is 55.8 Å². The number of hydrogen-bond donors (Lipinski definition) is 1. The van der Waals surface area contributed by atoms with Crippen molar-refractivity contribution in [3.05, 3.63) is 41.5 Å². The second-order valence-corrected chi connectivity index (χ2v) is 3.86. The highest BCUT2D eigenvalue weighted by Crippen LogP contribution is 2.33. The Labute approximate surface area is 105 Å². The Morgan fingerprint density at radius 3 is 2.83 bits per heavy atom. The predicted molar refractivity (Wildman–Crippen MR) is 67.6 cm³/mol. The maximum absolute atomic E-state index is 10.5. The van der Waals surface area contributed by atoms with E-state index < -0.39 is 5.97 Å². The average molecular weight is 246 g/mol. The minimum atomic E-state index is -0.944. The molecule has 2 rings (SSSR count). The molecule has 0 unspecified atom stereocenters. The third-order valence-corrected chi connectivity index (χ3v) is 2.60. The fourth-order valence-corrected chi connectivity index (χ4v) is 1.66. The van der Waals surface area contributed by atoms with Gasteiger partial charge in [-0.1, -0.05) is 25.1 Å². The normalized spacial score (nSPS) is 14.2. The Morgan fingerprint density at radius 1 is 1.33 bits per heavy atom. The highest BCUT2D eigenvalue weighted by Gasteiger charge is 2.12. The number of rotatable bonds is 4. The lowest BCUT2D eigenvalue weighted by Gasteiger charge is -2.00. The maximum atomic E-state index is 10.5. The monoisotopic (exact) mass is 246 g/mol. The molecule has 0 radical (unpaired) electrons. The lowest BCUT2D eigenvalue weighted by atomic mass is 10.1. The van der Waals surface area contributed by atoms with Gasteiger partial charge in [0.25, 0.3) is 0 Å². The van der Waals surface area contributed by atoms with E-state index in [9.17, 15) is 4.79 Å². The van der Waals surface area contributed by atoms with Crippen molar-refractivity contribution in [2.75, 3.05) is 6.79 Å². The number of carboxylic acid groups (broad SMARTS) is 1. The van der Waals surface area contributed by atoms with Gasteiger partial charge in [-0.3, -0.25) is 0 Å². The van der Waals surface area contributed by atoms with Crippen molar-refractivity contribution >= 4 is 12.0 Å². The molecule has 18 heavy (non-hydrogen) atoms. The molecule has 1 heterocycles. The number of fused-ring (bicyclic) bond motifs is 1. The van der Waals surface area contributed by atoms with Crippen molar-refractivity contribution in [1.82, 2.24) is 0 Å². The van der Waals surface area contributed by atoms with Crippen LogP contribution >= 0.6 is 0 Å². The van der Waals surface area contributed by atoms with Gasteiger partial charge in [0.15, 0.2) is 11.5 Å². The van der Waals surface area contributed by atoms with E-state index in [1.54, 1.807) is 6.08 Å². The van der Waals surface area contributed by atoms with E-state index in [4.69, 9.17) is 14.6 Å². The Balaban J connectivity index is 2.22. The Morgan fingerprint density at radius 2 is 2.11 bits per heavy atom. The summed E-state index contributed by atoms with van der Waals surface area (Å²) >= 11 is 0. The fourth-order valence-electron chi connectivity index (χ4n) is 1.66. The first kappa shape index (κ1) is 12.2. The summed E-state index contributed by atoms with van der Waals surface area (Å²) in [6, 6.07) is 5.65. The van der Waals surface area contributed by atoms with Crippen LogP contribution in [0.4, 0.5) is 0 Å². The highest BCUT2D eigenvalue weighted by atomic mass is 16.7. The first-order chi connectivity index (χ1) is 8.69. The van der Waals surface area contributed by atoms with Crippen molar-refractivity contribution in [3.8, 4) is 11.5 Å². The summed E-state index contributed by atoms with van der Waals surface area (Å²) in [5.41, 5.74) is 1.91. The number of carboxylic acids is 1. The highest BCUT2D eigenvalue weighted by molar-refractivity contribution is 5.80. The molecule has 1 aromatic carbocycles. The van der Waals surface area contributed by atoms with E-state index >= 15 is 0 Å². The quantitative estimate of drug-likeness (QED) is 0.655. The molecule has 1 aliphatic heterocycles. The lowest BCUT2D eigenvalue weighted by molar-refractivity contribution is -0.131. The smallest absolute Gasteiger partial charge is 0.328 e. The van der Waals surface area contributed by atoms with E-state index in [1.165, 1.54) is 0 Å². The van der Waals surface area contributed by atoms with E-state index in [0.717, 1.165) is 35.1 Å². The zero-order chi connectivity index (χ0) is 13.0. The number of ether oxygens (including phenoxy) is 2. The van der Waals surface area contributed by atoms with Crippen LogP contribution in [0.25, 0.3) is 6.08 Å². The van der Waals surface area contributed by atoms with Crippen LogP contribution in [0.5, 0.6) is 11.5 Å². The van der Waals surface area contributed by atoms with Gasteiger partial charge in [-0.25, -0.2) is 4.79 Å². The summed E-state index contributed by atoms with van der Waals surface area (Å²) < 4.78 is 10.5. The molecule has 94 valence electrons. The molecule has 0 atom stereocenters. The van der Waals surface area contributed by atoms with Crippen molar-refractivity contribution in [1.29, 1.82) is 0 Å². The number of hydrogen-bond acceptors (Lipinski definition) is 3. The molecule has 0 amide bonds. The van der Waals surface area contributed by atoms with Gasteiger partial charge in [0, 0.05) is 6.08 Å². The second-order valence-electron chi connectivity index (χ2n) is 3.86. The number of benzene rings is 1. The van der Waals surface area contributed by atoms with E-state index in [1.807, 2.05) is 31.2 Å². The Hall–Kier alpha value is -2.23. The average Bonchev–Trinajstić information content (AvgIpc) is 2.81. The summed E-state index contributed by atoms with van der Waals surface area (Å²) in [6.45, 7) is 2.23. The van der Waals surface area contributed by atoms with Crippen LogP contribution < -0.4 is 9.47 Å². The molecule has 4 heteroatoms. The summed E-state index contributed by atoms with van der Waals surface area (Å²) in [5, 5.41) is 8.60. The van der Waals surface area contributed by atoms with Crippen molar-refractivity contribution < 1.29 is 19.4 Å². The van der Waals surface area contributed by atoms with E-state index in [2.05, 4.69) is 0 Å². The van der Waals surface area contributed by atoms with E-state index in [-0.39, 0.29) is 6.79 Å². The molecule has 0 spiro atoms. The molecular formula is C14H14O4. The van der Waals surface area contributed by atoms with Crippen LogP contribution in [0.2, 0.25) is 0 Å². The molecule has 0 saturated carbocycles. The van der Waals surface area contributed by atoms with Gasteiger partial charge < -0.3 is 14.6 Å². The van der Waals surface area contributed by atoms with Gasteiger partial charge in [-0.2, -0.15) is 0 Å². The van der Waals surface area contributed by atoms with Crippen LogP contribution in [0.3, 0.4) is 0 Å². The van der Waals surface area contributed by atoms with Crippen LogP contribution in [0.15, 0.2) is 35.9 Å². The van der Waals surface area contributed by atoms with Gasteiger partial charge >= 0.3 is 5.97 Å². The molecule has 0 fully saturated rings. The Bertz CT molecular complexity index is 515. The molecule has 4 nitrogen and oxygen atoms in total. The van der Waals surface area contributed by atoms with Crippen LogP contribution in [-0.2, 0) is 4.79 Å². The molecule has 1 N–H and O–H groups in total. The van der Waals surface area contributed by atoms with Crippen molar-refractivity contribution in [2.24, 2.45) is 0 Å². The van der Waals surface area contributed by atoms with E-state index in [0.29, 0.717) is 0 Å². The molecule has 0 saturated heterocycles. The SMILES string of the molecule is CCC(=C/c1ccc2c(c1)OCO2)/C=C/C(=O)O. The molecule has 0 aliphatic carbocycles. The maximum Gasteiger partial charge on any atom is 0.328 e. The fraction of sp³-hybridized carbons (Fsp3) is 0.214. The standard InChI is InChI=1S/C14H14O4/c1-2-10(4-6-14(15)16)7-11-3-5-12-13(8-11)18-9-17-12/h3-8H,2,9H2,1H3,(H,15,16)/b6-4+,10-7-. The first-order valence-electron chi connectivity index (χ1n) is 5.70. The largest absolute Gasteiger partial charge is 0.478 e. The van der Waals surface area contributed by atoms with Crippen LogP contribution in [-0.4, -0.2) is 17.9 Å². The lowest BCUT2D eigenvalue weighted by Crippen LogP contribution is -1.92. The van der Waals surface area contributed by atoms with Crippen molar-refractivity contribution in [3.63, 3.8) is 0 Å². The third kappa shape index (κ3) is 2.91. The molecule has 0 bridgehead atoms. The minimum Gasteiger partial charge on any atom is -0.478 e. The molecule has 0 aromatic heterocycles. The van der Waals surface area contributed by atoms with Gasteiger partial charge in [0.1, 0.15) is 0 Å². The van der Waals surface area contributed by atoms with Gasteiger partial charge in [-0.05, 0) is 29.7 Å². The number of carbonyl (C=O) groups is 1. The van der Waals surface area contributed by atoms with Gasteiger partial charge in [0.2, 0.25) is 6.79 Å². The minimum absolute atomic E-state index is 0.252.